The van der Waals surface area contributed by atoms with Crippen LogP contribution in [0.15, 0.2) is 58.3 Å². The normalized spacial score (nSPS) is 10.7. The van der Waals surface area contributed by atoms with Crippen LogP contribution in [-0.4, -0.2) is 34.9 Å². The molecule has 2 rings (SSSR count). The van der Waals surface area contributed by atoms with Crippen LogP contribution in [0, 0.1) is 0 Å². The summed E-state index contributed by atoms with van der Waals surface area (Å²) in [5.41, 5.74) is 2.37. The largest absolute Gasteiger partial charge is 0.396 e. The summed E-state index contributed by atoms with van der Waals surface area (Å²) in [6.07, 6.45) is 0. The molecule has 0 radical (unpaired) electrons. The van der Waals surface area contributed by atoms with E-state index in [-0.39, 0.29) is 13.2 Å². The van der Waals surface area contributed by atoms with Crippen LogP contribution < -0.4 is 0 Å². The van der Waals surface area contributed by atoms with E-state index in [9.17, 15) is 0 Å². The lowest BCUT2D eigenvalue weighted by atomic mass is 10.1. The molecule has 2 aromatic rings. The number of hydrogen-bond donors (Lipinski definition) is 2. The lowest BCUT2D eigenvalue weighted by Crippen LogP contribution is -1.93. The summed E-state index contributed by atoms with van der Waals surface area (Å²) < 4.78 is 0. The highest BCUT2D eigenvalue weighted by atomic mass is 32.2. The fourth-order valence-electron chi connectivity index (χ4n) is 1.93. The summed E-state index contributed by atoms with van der Waals surface area (Å²) in [7, 11) is 0. The van der Waals surface area contributed by atoms with Crippen LogP contribution in [0.3, 0.4) is 0 Å². The zero-order valence-electron chi connectivity index (χ0n) is 11.2. The van der Waals surface area contributed by atoms with Crippen molar-refractivity contribution in [2.75, 3.05) is 24.7 Å². The van der Waals surface area contributed by atoms with E-state index in [0.29, 0.717) is 11.5 Å². The van der Waals surface area contributed by atoms with Gasteiger partial charge in [0.05, 0.1) is 13.2 Å². The Kier molecular flexibility index (Phi) is 6.47. The Labute approximate surface area is 128 Å². The Hall–Kier alpha value is -0.940. The van der Waals surface area contributed by atoms with E-state index in [1.54, 1.807) is 23.5 Å². The molecule has 0 aliphatic heterocycles. The average Bonchev–Trinajstić information content (AvgIpc) is 2.52. The fraction of sp³-hybridized carbons (Fsp3) is 0.250. The van der Waals surface area contributed by atoms with Crippen molar-refractivity contribution in [3.05, 3.63) is 48.5 Å². The number of aliphatic hydroxyl groups is 2. The molecule has 0 aromatic heterocycles. The van der Waals surface area contributed by atoms with Gasteiger partial charge in [0.25, 0.3) is 0 Å². The number of hydrogen-bond acceptors (Lipinski definition) is 4. The SMILES string of the molecule is OCCSc1cccc(-c2ccccc2)c1SCCO. The van der Waals surface area contributed by atoms with Gasteiger partial charge in [-0.15, -0.1) is 23.5 Å². The van der Waals surface area contributed by atoms with Crippen LogP contribution in [0.1, 0.15) is 0 Å². The van der Waals surface area contributed by atoms with E-state index in [1.807, 2.05) is 24.3 Å². The molecule has 4 heteroatoms. The van der Waals surface area contributed by atoms with Crippen molar-refractivity contribution in [2.45, 2.75) is 9.79 Å². The minimum absolute atomic E-state index is 0.165. The molecular formula is C16H18O2S2. The van der Waals surface area contributed by atoms with Crippen molar-refractivity contribution >= 4 is 23.5 Å². The van der Waals surface area contributed by atoms with Gasteiger partial charge in [-0.05, 0) is 17.2 Å². The van der Waals surface area contributed by atoms with Crippen molar-refractivity contribution in [1.82, 2.24) is 0 Å². The molecule has 0 aliphatic rings. The molecule has 0 saturated carbocycles. The molecule has 0 spiro atoms. The summed E-state index contributed by atoms with van der Waals surface area (Å²) in [5, 5.41) is 18.1. The van der Waals surface area contributed by atoms with Gasteiger partial charge in [-0.1, -0.05) is 42.5 Å². The van der Waals surface area contributed by atoms with Crippen LogP contribution in [0.4, 0.5) is 0 Å². The second-order valence-electron chi connectivity index (χ2n) is 4.14. The Morgan fingerprint density at radius 2 is 1.45 bits per heavy atom. The third-order valence-electron chi connectivity index (χ3n) is 2.75. The summed E-state index contributed by atoms with van der Waals surface area (Å²) in [6.45, 7) is 0.336. The van der Waals surface area contributed by atoms with Gasteiger partial charge in [-0.2, -0.15) is 0 Å². The molecule has 106 valence electrons. The van der Waals surface area contributed by atoms with E-state index < -0.39 is 0 Å². The molecule has 2 aromatic carbocycles. The number of rotatable bonds is 7. The number of thioether (sulfide) groups is 2. The van der Waals surface area contributed by atoms with Gasteiger partial charge >= 0.3 is 0 Å². The summed E-state index contributed by atoms with van der Waals surface area (Å²) in [4.78, 5) is 2.35. The molecule has 20 heavy (non-hydrogen) atoms. The first-order valence-corrected chi connectivity index (χ1v) is 8.49. The highest BCUT2D eigenvalue weighted by Crippen LogP contribution is 2.38. The first-order valence-electron chi connectivity index (χ1n) is 6.52. The topological polar surface area (TPSA) is 40.5 Å². The first kappa shape index (κ1) is 15.4. The van der Waals surface area contributed by atoms with Crippen molar-refractivity contribution in [1.29, 1.82) is 0 Å². The Balaban J connectivity index is 2.39. The molecule has 0 aliphatic carbocycles. The molecule has 0 fully saturated rings. The highest BCUT2D eigenvalue weighted by molar-refractivity contribution is 8.02. The van der Waals surface area contributed by atoms with E-state index >= 15 is 0 Å². The van der Waals surface area contributed by atoms with Crippen LogP contribution in [-0.2, 0) is 0 Å². The lowest BCUT2D eigenvalue weighted by Gasteiger charge is -2.14. The standard InChI is InChI=1S/C16H18O2S2/c17-9-11-19-15-8-4-7-14(16(15)20-12-10-18)13-5-2-1-3-6-13/h1-8,17-18H,9-12H2. The maximum Gasteiger partial charge on any atom is 0.0525 e. The van der Waals surface area contributed by atoms with Gasteiger partial charge in [0.2, 0.25) is 0 Å². The predicted octanol–water partition coefficient (Wildman–Crippen LogP) is 3.52. The quantitative estimate of drug-likeness (QED) is 0.768. The second kappa shape index (κ2) is 8.37. The minimum Gasteiger partial charge on any atom is -0.396 e. The van der Waals surface area contributed by atoms with Gasteiger partial charge in [-0.25, -0.2) is 0 Å². The molecule has 0 bridgehead atoms. The van der Waals surface area contributed by atoms with Crippen LogP contribution >= 0.6 is 23.5 Å². The smallest absolute Gasteiger partial charge is 0.0525 e. The van der Waals surface area contributed by atoms with Gasteiger partial charge in [0, 0.05) is 21.3 Å². The Morgan fingerprint density at radius 1 is 0.750 bits per heavy atom. The van der Waals surface area contributed by atoms with Crippen LogP contribution in [0.2, 0.25) is 0 Å². The third kappa shape index (κ3) is 4.03. The maximum absolute atomic E-state index is 9.09. The monoisotopic (exact) mass is 306 g/mol. The molecule has 0 unspecified atom stereocenters. The zero-order valence-corrected chi connectivity index (χ0v) is 12.8. The van der Waals surface area contributed by atoms with Crippen molar-refractivity contribution < 1.29 is 10.2 Å². The predicted molar refractivity (Wildman–Crippen MR) is 87.5 cm³/mol. The van der Waals surface area contributed by atoms with E-state index in [0.717, 1.165) is 0 Å². The third-order valence-corrected chi connectivity index (χ3v) is 5.03. The van der Waals surface area contributed by atoms with Gasteiger partial charge < -0.3 is 10.2 Å². The number of aliphatic hydroxyl groups excluding tert-OH is 2. The first-order chi connectivity index (χ1) is 9.86. The van der Waals surface area contributed by atoms with Gasteiger partial charge in [-0.3, -0.25) is 0 Å². The Bertz CT molecular complexity index is 529. The van der Waals surface area contributed by atoms with Crippen LogP contribution in [0.5, 0.6) is 0 Å². The zero-order chi connectivity index (χ0) is 14.2. The summed E-state index contributed by atoms with van der Waals surface area (Å²) in [5.74, 6) is 1.36. The van der Waals surface area contributed by atoms with Gasteiger partial charge in [0.1, 0.15) is 0 Å². The van der Waals surface area contributed by atoms with Gasteiger partial charge in [0.15, 0.2) is 0 Å². The summed E-state index contributed by atoms with van der Waals surface area (Å²) >= 11 is 3.32. The molecule has 0 atom stereocenters. The molecule has 2 N–H and O–H groups in total. The Morgan fingerprint density at radius 3 is 2.15 bits per heavy atom. The second-order valence-corrected chi connectivity index (χ2v) is 6.38. The molecule has 2 nitrogen and oxygen atoms in total. The molecule has 0 amide bonds. The molecular weight excluding hydrogens is 288 g/mol. The molecule has 0 saturated heterocycles. The van der Waals surface area contributed by atoms with Crippen LogP contribution in [0.25, 0.3) is 11.1 Å². The van der Waals surface area contributed by atoms with Crippen molar-refractivity contribution in [2.24, 2.45) is 0 Å². The van der Waals surface area contributed by atoms with E-state index in [2.05, 4.69) is 24.3 Å². The van der Waals surface area contributed by atoms with Crippen molar-refractivity contribution in [3.63, 3.8) is 0 Å². The fourth-order valence-corrected chi connectivity index (χ4v) is 3.85. The minimum atomic E-state index is 0.165. The lowest BCUT2D eigenvalue weighted by molar-refractivity contribution is 0.322. The summed E-state index contributed by atoms with van der Waals surface area (Å²) in [6, 6.07) is 16.5. The maximum atomic E-state index is 9.09. The van der Waals surface area contributed by atoms with E-state index in [4.69, 9.17) is 10.2 Å². The average molecular weight is 306 g/mol. The molecule has 0 heterocycles. The highest BCUT2D eigenvalue weighted by Gasteiger charge is 2.10. The number of benzene rings is 2. The van der Waals surface area contributed by atoms with Crippen molar-refractivity contribution in [3.8, 4) is 11.1 Å². The van der Waals surface area contributed by atoms with E-state index in [1.165, 1.54) is 20.9 Å².